The van der Waals surface area contributed by atoms with Crippen molar-refractivity contribution in [3.8, 4) is 5.69 Å². The zero-order chi connectivity index (χ0) is 17.9. The summed E-state index contributed by atoms with van der Waals surface area (Å²) in [6.07, 6.45) is -3.05. The summed E-state index contributed by atoms with van der Waals surface area (Å²) in [4.78, 5) is 23.0. The largest absolute Gasteiger partial charge is 0.516 e. The number of hydrogen-bond acceptors (Lipinski definition) is 6. The maximum Gasteiger partial charge on any atom is 0.516 e. The Morgan fingerprint density at radius 1 is 1.21 bits per heavy atom. The van der Waals surface area contributed by atoms with Gasteiger partial charge in [-0.05, 0) is 38.1 Å². The number of ether oxygens (including phenoxy) is 2. The van der Waals surface area contributed by atoms with Crippen molar-refractivity contribution in [3.63, 3.8) is 0 Å². The average Bonchev–Trinajstić information content (AvgIpc) is 2.88. The molecule has 7 nitrogen and oxygen atoms in total. The van der Waals surface area contributed by atoms with Crippen LogP contribution in [0.2, 0.25) is 0 Å². The van der Waals surface area contributed by atoms with Gasteiger partial charge in [-0.3, -0.25) is 0 Å². The molecule has 0 saturated carbocycles. The van der Waals surface area contributed by atoms with E-state index in [2.05, 4.69) is 9.84 Å². The zero-order valence-corrected chi connectivity index (χ0v) is 12.9. The van der Waals surface area contributed by atoms with Gasteiger partial charge in [0.05, 0.1) is 29.2 Å². The Bertz CT molecular complexity index is 742. The smallest absolute Gasteiger partial charge is 0.431 e. The molecule has 128 valence electrons. The van der Waals surface area contributed by atoms with Crippen molar-refractivity contribution in [2.24, 2.45) is 0 Å². The quantitative estimate of drug-likeness (QED) is 0.679. The van der Waals surface area contributed by atoms with Crippen LogP contribution in [0, 0.1) is 0 Å². The first-order valence-electron chi connectivity index (χ1n) is 6.94. The molecule has 0 bridgehead atoms. The van der Waals surface area contributed by atoms with Crippen molar-refractivity contribution in [2.45, 2.75) is 26.4 Å². The van der Waals surface area contributed by atoms with Crippen LogP contribution in [-0.2, 0) is 9.47 Å². The maximum atomic E-state index is 12.7. The molecule has 0 unspecified atom stereocenters. The molecule has 0 saturated heterocycles. The van der Waals surface area contributed by atoms with Gasteiger partial charge in [-0.15, -0.1) is 0 Å². The third-order valence-corrected chi connectivity index (χ3v) is 2.85. The number of nitrogens with two attached hydrogens (primary N) is 1. The number of hydrogen-bond donors (Lipinski definition) is 1. The Kier molecular flexibility index (Phi) is 5.12. The summed E-state index contributed by atoms with van der Waals surface area (Å²) in [5, 5.41) is 3.69. The molecule has 1 heterocycles. The highest BCUT2D eigenvalue weighted by atomic mass is 19.3. The van der Waals surface area contributed by atoms with Crippen molar-refractivity contribution in [1.82, 2.24) is 9.78 Å². The van der Waals surface area contributed by atoms with E-state index in [-0.39, 0.29) is 11.3 Å². The normalized spacial score (nSPS) is 10.9. The predicted molar refractivity (Wildman–Crippen MR) is 80.0 cm³/mol. The van der Waals surface area contributed by atoms with Crippen molar-refractivity contribution < 1.29 is 27.8 Å². The molecule has 0 aliphatic rings. The second-order valence-corrected chi connectivity index (χ2v) is 5.07. The van der Waals surface area contributed by atoms with Crippen LogP contribution in [0.25, 0.3) is 5.69 Å². The molecule has 0 fully saturated rings. The molecule has 2 aromatic rings. The highest BCUT2D eigenvalue weighted by Gasteiger charge is 2.18. The highest BCUT2D eigenvalue weighted by molar-refractivity contribution is 5.95. The molecule has 9 heteroatoms. The summed E-state index contributed by atoms with van der Waals surface area (Å²) in [5.74, 6) is -0.888. The minimum Gasteiger partial charge on any atom is -0.431 e. The standard InChI is InChI=1S/C15H15F2N3O4/c1-8(2)23-15(22)24-14(21)9-3-5-10(6-4-9)20-7-11(18)12(19-20)13(16)17/h3-8,13H,18H2,1-2H3. The lowest BCUT2D eigenvalue weighted by atomic mass is 10.2. The summed E-state index contributed by atoms with van der Waals surface area (Å²) in [7, 11) is 0. The first-order valence-corrected chi connectivity index (χ1v) is 6.94. The average molecular weight is 339 g/mol. The lowest BCUT2D eigenvalue weighted by Crippen LogP contribution is -2.17. The summed E-state index contributed by atoms with van der Waals surface area (Å²) in [6, 6.07) is 5.62. The molecule has 1 aromatic heterocycles. The second-order valence-electron chi connectivity index (χ2n) is 5.07. The molecule has 1 aromatic carbocycles. The van der Waals surface area contributed by atoms with Crippen LogP contribution in [0.1, 0.15) is 36.3 Å². The number of carbonyl (C=O) groups is 2. The van der Waals surface area contributed by atoms with E-state index in [1.165, 1.54) is 35.1 Å². The number of benzene rings is 1. The van der Waals surface area contributed by atoms with E-state index in [0.717, 1.165) is 0 Å². The van der Waals surface area contributed by atoms with Crippen molar-refractivity contribution >= 4 is 17.8 Å². The molecule has 0 spiro atoms. The molecule has 0 aliphatic carbocycles. The third kappa shape index (κ3) is 4.06. The molecule has 0 atom stereocenters. The van der Waals surface area contributed by atoms with E-state index in [1.807, 2.05) is 0 Å². The van der Waals surface area contributed by atoms with Crippen LogP contribution in [0.15, 0.2) is 30.5 Å². The SMILES string of the molecule is CC(C)OC(=O)OC(=O)c1ccc(-n2cc(N)c(C(F)F)n2)cc1. The van der Waals surface area contributed by atoms with Crippen LogP contribution in [0.3, 0.4) is 0 Å². The minimum atomic E-state index is -2.78. The first kappa shape index (κ1) is 17.4. The number of aromatic nitrogens is 2. The number of halogens is 2. The van der Waals surface area contributed by atoms with E-state index < -0.39 is 30.3 Å². The number of nitrogen functional groups attached to an aromatic ring is 1. The van der Waals surface area contributed by atoms with Gasteiger partial charge in [0.25, 0.3) is 6.43 Å². The second kappa shape index (κ2) is 7.07. The van der Waals surface area contributed by atoms with E-state index in [9.17, 15) is 18.4 Å². The van der Waals surface area contributed by atoms with Gasteiger partial charge in [0.15, 0.2) is 5.69 Å². The summed E-state index contributed by atoms with van der Waals surface area (Å²) in [6.45, 7) is 3.23. The van der Waals surface area contributed by atoms with Crippen molar-refractivity contribution in [2.75, 3.05) is 5.73 Å². The van der Waals surface area contributed by atoms with Crippen LogP contribution in [0.4, 0.5) is 19.3 Å². The number of nitrogens with zero attached hydrogens (tertiary/aromatic N) is 2. The Labute approximate surface area is 136 Å². The topological polar surface area (TPSA) is 96.4 Å². The molecule has 0 amide bonds. The number of esters is 1. The number of carbonyl (C=O) groups excluding carboxylic acids is 2. The monoisotopic (exact) mass is 339 g/mol. The molecular weight excluding hydrogens is 324 g/mol. The summed E-state index contributed by atoms with van der Waals surface area (Å²) < 4.78 is 35.7. The van der Waals surface area contributed by atoms with Crippen molar-refractivity contribution in [3.05, 3.63) is 41.7 Å². The van der Waals surface area contributed by atoms with Crippen LogP contribution in [0.5, 0.6) is 0 Å². The molecule has 0 radical (unpaired) electrons. The number of anilines is 1. The van der Waals surface area contributed by atoms with Crippen LogP contribution in [-0.4, -0.2) is 28.0 Å². The Balaban J connectivity index is 2.11. The van der Waals surface area contributed by atoms with Gasteiger partial charge in [0.2, 0.25) is 0 Å². The summed E-state index contributed by atoms with van der Waals surface area (Å²) >= 11 is 0. The van der Waals surface area contributed by atoms with E-state index in [1.54, 1.807) is 13.8 Å². The first-order chi connectivity index (χ1) is 11.3. The Morgan fingerprint density at radius 2 is 1.83 bits per heavy atom. The van der Waals surface area contributed by atoms with Crippen molar-refractivity contribution in [1.29, 1.82) is 0 Å². The molecule has 0 aliphatic heterocycles. The van der Waals surface area contributed by atoms with E-state index >= 15 is 0 Å². The Morgan fingerprint density at radius 3 is 2.33 bits per heavy atom. The highest BCUT2D eigenvalue weighted by Crippen LogP contribution is 2.24. The van der Waals surface area contributed by atoms with Gasteiger partial charge in [-0.2, -0.15) is 5.10 Å². The van der Waals surface area contributed by atoms with Gasteiger partial charge >= 0.3 is 12.1 Å². The van der Waals surface area contributed by atoms with Gasteiger partial charge < -0.3 is 15.2 Å². The lowest BCUT2D eigenvalue weighted by Gasteiger charge is -2.07. The fourth-order valence-electron chi connectivity index (χ4n) is 1.80. The third-order valence-electron chi connectivity index (χ3n) is 2.85. The zero-order valence-electron chi connectivity index (χ0n) is 12.9. The number of rotatable bonds is 4. The van der Waals surface area contributed by atoms with Crippen LogP contribution >= 0.6 is 0 Å². The molecule has 2 N–H and O–H groups in total. The minimum absolute atomic E-state index is 0.0914. The van der Waals surface area contributed by atoms with Gasteiger partial charge in [0, 0.05) is 0 Å². The fraction of sp³-hybridized carbons (Fsp3) is 0.267. The molecule has 24 heavy (non-hydrogen) atoms. The van der Waals surface area contributed by atoms with E-state index in [4.69, 9.17) is 10.5 Å². The van der Waals surface area contributed by atoms with Gasteiger partial charge in [-0.1, -0.05) is 0 Å². The maximum absolute atomic E-state index is 12.7. The van der Waals surface area contributed by atoms with Gasteiger partial charge in [0.1, 0.15) is 0 Å². The van der Waals surface area contributed by atoms with Crippen LogP contribution < -0.4 is 5.73 Å². The number of alkyl halides is 2. The van der Waals surface area contributed by atoms with Gasteiger partial charge in [-0.25, -0.2) is 23.1 Å². The summed E-state index contributed by atoms with van der Waals surface area (Å²) in [5.41, 5.74) is 5.31. The molecule has 2 rings (SSSR count). The fourth-order valence-corrected chi connectivity index (χ4v) is 1.80. The predicted octanol–water partition coefficient (Wildman–Crippen LogP) is 3.09. The van der Waals surface area contributed by atoms with E-state index in [0.29, 0.717) is 5.69 Å². The molecular formula is C15H15F2N3O4. The lowest BCUT2D eigenvalue weighted by molar-refractivity contribution is 0.0283. The Hall–Kier alpha value is -2.97.